The third kappa shape index (κ3) is 4.49. The Morgan fingerprint density at radius 2 is 1.94 bits per heavy atom. The Kier molecular flexibility index (Phi) is 5.77. The molecule has 0 aromatic heterocycles. The van der Waals surface area contributed by atoms with Crippen molar-refractivity contribution in [3.05, 3.63) is 0 Å². The van der Waals surface area contributed by atoms with E-state index in [0.29, 0.717) is 0 Å². The van der Waals surface area contributed by atoms with Gasteiger partial charge in [0.25, 0.3) is 0 Å². The van der Waals surface area contributed by atoms with E-state index in [1.54, 1.807) is 0 Å². The highest BCUT2D eigenvalue weighted by Crippen LogP contribution is 2.07. The van der Waals surface area contributed by atoms with Gasteiger partial charge in [0.1, 0.15) is 6.04 Å². The summed E-state index contributed by atoms with van der Waals surface area (Å²) in [4.78, 5) is 13.4. The Bertz CT molecular complexity index is 213. The van der Waals surface area contributed by atoms with Crippen LogP contribution in [0, 0.1) is 5.92 Å². The van der Waals surface area contributed by atoms with Gasteiger partial charge in [0.2, 0.25) is 0 Å². The first-order valence-electron chi connectivity index (χ1n) is 6.30. The van der Waals surface area contributed by atoms with E-state index in [1.807, 2.05) is 13.8 Å². The molecule has 4 nitrogen and oxygen atoms in total. The van der Waals surface area contributed by atoms with Crippen LogP contribution in [0.3, 0.4) is 0 Å². The molecule has 4 heteroatoms. The highest BCUT2D eigenvalue weighted by atomic mass is 16.4. The van der Waals surface area contributed by atoms with E-state index < -0.39 is 12.0 Å². The molecule has 0 radical (unpaired) electrons. The van der Waals surface area contributed by atoms with Crippen LogP contribution in [0.25, 0.3) is 0 Å². The highest BCUT2D eigenvalue weighted by Gasteiger charge is 2.20. The van der Waals surface area contributed by atoms with Crippen LogP contribution in [0.15, 0.2) is 0 Å². The molecule has 1 unspecified atom stereocenters. The molecule has 1 saturated heterocycles. The number of hydrogen-bond acceptors (Lipinski definition) is 3. The van der Waals surface area contributed by atoms with Gasteiger partial charge < -0.3 is 15.3 Å². The molecular weight excluding hydrogens is 204 g/mol. The molecule has 1 rings (SSSR count). The molecule has 1 aliphatic rings. The summed E-state index contributed by atoms with van der Waals surface area (Å²) in [6.45, 7) is 7.95. The van der Waals surface area contributed by atoms with Crippen molar-refractivity contribution in [2.75, 3.05) is 26.2 Å². The summed E-state index contributed by atoms with van der Waals surface area (Å²) in [6.07, 6.45) is 3.91. The minimum Gasteiger partial charge on any atom is -0.480 e. The van der Waals surface area contributed by atoms with Crippen LogP contribution < -0.4 is 5.32 Å². The summed E-state index contributed by atoms with van der Waals surface area (Å²) in [5, 5.41) is 12.1. The number of carbonyl (C=O) groups is 1. The van der Waals surface area contributed by atoms with E-state index in [2.05, 4.69) is 10.2 Å². The summed E-state index contributed by atoms with van der Waals surface area (Å²) in [7, 11) is 0. The second-order valence-corrected chi connectivity index (χ2v) is 4.92. The van der Waals surface area contributed by atoms with Crippen LogP contribution in [0.1, 0.15) is 33.1 Å². The van der Waals surface area contributed by atoms with Crippen molar-refractivity contribution in [2.45, 2.75) is 39.2 Å². The van der Waals surface area contributed by atoms with Crippen molar-refractivity contribution in [3.63, 3.8) is 0 Å². The third-order valence-corrected chi connectivity index (χ3v) is 3.17. The quantitative estimate of drug-likeness (QED) is 0.716. The molecule has 0 spiro atoms. The van der Waals surface area contributed by atoms with Gasteiger partial charge in [0, 0.05) is 13.1 Å². The van der Waals surface area contributed by atoms with Crippen molar-refractivity contribution in [1.82, 2.24) is 10.2 Å². The lowest BCUT2D eigenvalue weighted by molar-refractivity contribution is -0.140. The lowest BCUT2D eigenvalue weighted by Crippen LogP contribution is -2.45. The van der Waals surface area contributed by atoms with Crippen molar-refractivity contribution in [3.8, 4) is 0 Å². The average molecular weight is 228 g/mol. The topological polar surface area (TPSA) is 52.6 Å². The number of nitrogens with zero attached hydrogens (tertiary/aromatic N) is 1. The predicted octanol–water partition coefficient (Wildman–Crippen LogP) is 1.17. The van der Waals surface area contributed by atoms with Gasteiger partial charge in [0.05, 0.1) is 0 Å². The molecule has 1 fully saturated rings. The molecule has 2 N–H and O–H groups in total. The Balaban J connectivity index is 2.19. The van der Waals surface area contributed by atoms with Gasteiger partial charge >= 0.3 is 5.97 Å². The minimum absolute atomic E-state index is 0.138. The first-order valence-corrected chi connectivity index (χ1v) is 6.30. The smallest absolute Gasteiger partial charge is 0.320 e. The van der Waals surface area contributed by atoms with Crippen molar-refractivity contribution < 1.29 is 9.90 Å². The van der Waals surface area contributed by atoms with Crippen LogP contribution >= 0.6 is 0 Å². The van der Waals surface area contributed by atoms with Crippen LogP contribution in [0.4, 0.5) is 0 Å². The second kappa shape index (κ2) is 6.86. The van der Waals surface area contributed by atoms with Gasteiger partial charge in [-0.15, -0.1) is 0 Å². The molecule has 0 saturated carbocycles. The molecule has 0 aromatic carbocycles. The van der Waals surface area contributed by atoms with Gasteiger partial charge in [-0.1, -0.05) is 20.3 Å². The maximum atomic E-state index is 10.9. The Hall–Kier alpha value is -0.610. The summed E-state index contributed by atoms with van der Waals surface area (Å²) >= 11 is 0. The van der Waals surface area contributed by atoms with Gasteiger partial charge in [-0.2, -0.15) is 0 Å². The van der Waals surface area contributed by atoms with Crippen LogP contribution in [-0.2, 0) is 4.79 Å². The number of rotatable bonds is 6. The Morgan fingerprint density at radius 1 is 1.31 bits per heavy atom. The number of nitrogens with one attached hydrogen (secondary N) is 1. The lowest BCUT2D eigenvalue weighted by atomic mass is 10.0. The summed E-state index contributed by atoms with van der Waals surface area (Å²) < 4.78 is 0. The van der Waals surface area contributed by atoms with Crippen molar-refractivity contribution in [1.29, 1.82) is 0 Å². The zero-order valence-electron chi connectivity index (χ0n) is 10.4. The minimum atomic E-state index is -0.742. The Morgan fingerprint density at radius 3 is 2.44 bits per heavy atom. The van der Waals surface area contributed by atoms with Crippen LogP contribution in [0.5, 0.6) is 0 Å². The van der Waals surface area contributed by atoms with E-state index in [9.17, 15) is 4.79 Å². The van der Waals surface area contributed by atoms with E-state index >= 15 is 0 Å². The molecule has 16 heavy (non-hydrogen) atoms. The largest absolute Gasteiger partial charge is 0.480 e. The Labute approximate surface area is 98.0 Å². The molecule has 0 aliphatic carbocycles. The SMILES string of the molecule is CC(C)C(NCCN1CCCCC1)C(=O)O. The number of hydrogen-bond donors (Lipinski definition) is 2. The molecule has 1 aliphatic heterocycles. The van der Waals surface area contributed by atoms with Crippen LogP contribution in [0.2, 0.25) is 0 Å². The first-order chi connectivity index (χ1) is 7.61. The molecule has 1 heterocycles. The second-order valence-electron chi connectivity index (χ2n) is 4.92. The van der Waals surface area contributed by atoms with E-state index in [-0.39, 0.29) is 5.92 Å². The van der Waals surface area contributed by atoms with Gasteiger partial charge in [-0.3, -0.25) is 4.79 Å². The number of aliphatic carboxylic acids is 1. The zero-order chi connectivity index (χ0) is 12.0. The van der Waals surface area contributed by atoms with Crippen LogP contribution in [-0.4, -0.2) is 48.2 Å². The van der Waals surface area contributed by atoms with E-state index in [0.717, 1.165) is 13.1 Å². The summed E-state index contributed by atoms with van der Waals surface area (Å²) in [5.74, 6) is -0.604. The number of likely N-dealkylation sites (tertiary alicyclic amines) is 1. The third-order valence-electron chi connectivity index (χ3n) is 3.17. The molecule has 0 bridgehead atoms. The highest BCUT2D eigenvalue weighted by molar-refractivity contribution is 5.73. The molecular formula is C12H24N2O2. The molecule has 1 atom stereocenters. The summed E-state index contributed by atoms with van der Waals surface area (Å²) in [5.41, 5.74) is 0. The maximum Gasteiger partial charge on any atom is 0.320 e. The first kappa shape index (κ1) is 13.5. The fourth-order valence-electron chi connectivity index (χ4n) is 2.17. The summed E-state index contributed by atoms with van der Waals surface area (Å²) in [6, 6.07) is -0.412. The van der Waals surface area contributed by atoms with Gasteiger partial charge in [0.15, 0.2) is 0 Å². The van der Waals surface area contributed by atoms with E-state index in [1.165, 1.54) is 32.4 Å². The zero-order valence-corrected chi connectivity index (χ0v) is 10.4. The van der Waals surface area contributed by atoms with E-state index in [4.69, 9.17) is 5.11 Å². The molecule has 94 valence electrons. The number of carboxylic acid groups (broad SMARTS) is 1. The molecule has 0 amide bonds. The molecule has 0 aromatic rings. The van der Waals surface area contributed by atoms with Crippen molar-refractivity contribution >= 4 is 5.97 Å². The van der Waals surface area contributed by atoms with Gasteiger partial charge in [-0.25, -0.2) is 0 Å². The fraction of sp³-hybridized carbons (Fsp3) is 0.917. The monoisotopic (exact) mass is 228 g/mol. The normalized spacial score (nSPS) is 19.9. The van der Waals surface area contributed by atoms with Gasteiger partial charge in [-0.05, 0) is 31.8 Å². The number of carboxylic acids is 1. The average Bonchev–Trinajstić information content (AvgIpc) is 2.24. The van der Waals surface area contributed by atoms with Crippen molar-refractivity contribution in [2.24, 2.45) is 5.92 Å². The fourth-order valence-corrected chi connectivity index (χ4v) is 2.17. The number of piperidine rings is 1. The standard InChI is InChI=1S/C12H24N2O2/c1-10(2)11(12(15)16)13-6-9-14-7-4-3-5-8-14/h10-11,13H,3-9H2,1-2H3,(H,15,16). The maximum absolute atomic E-state index is 10.9. The predicted molar refractivity (Wildman–Crippen MR) is 64.6 cm³/mol. The lowest BCUT2D eigenvalue weighted by Gasteiger charge is -2.27.